The number of pyridine rings is 1. The van der Waals surface area contributed by atoms with E-state index < -0.39 is 11.8 Å². The average molecular weight is 346 g/mol. The number of fused-ring (bicyclic) bond motifs is 1. The maximum absolute atomic E-state index is 12.2. The van der Waals surface area contributed by atoms with E-state index in [1.54, 1.807) is 18.2 Å². The molecule has 1 aromatic carbocycles. The number of methoxy groups -OCH3 is 1. The van der Waals surface area contributed by atoms with E-state index in [9.17, 15) is 9.59 Å². The van der Waals surface area contributed by atoms with Crippen molar-refractivity contribution in [2.45, 2.75) is 18.9 Å². The summed E-state index contributed by atoms with van der Waals surface area (Å²) in [4.78, 5) is 28.2. The second-order valence-electron chi connectivity index (χ2n) is 5.42. The molecule has 0 bridgehead atoms. The molecule has 2 amide bonds. The molecule has 7 heteroatoms. The summed E-state index contributed by atoms with van der Waals surface area (Å²) in [6.45, 7) is 0. The summed E-state index contributed by atoms with van der Waals surface area (Å²) in [5.74, 6) is -1.21. The normalized spacial score (nSPS) is 15.5. The van der Waals surface area contributed by atoms with E-state index >= 15 is 0 Å². The molecule has 1 heterocycles. The minimum absolute atomic E-state index is 0.189. The number of nitrogens with zero attached hydrogens (tertiary/aromatic N) is 1. The van der Waals surface area contributed by atoms with Crippen LogP contribution in [0.2, 0.25) is 5.02 Å². The number of rotatable bonds is 3. The molecule has 3 rings (SSSR count). The fourth-order valence-electron chi connectivity index (χ4n) is 2.79. The van der Waals surface area contributed by atoms with Crippen molar-refractivity contribution in [1.29, 1.82) is 0 Å². The third-order valence-electron chi connectivity index (χ3n) is 3.91. The van der Waals surface area contributed by atoms with Gasteiger partial charge in [-0.3, -0.25) is 9.59 Å². The van der Waals surface area contributed by atoms with Crippen LogP contribution < -0.4 is 15.4 Å². The fourth-order valence-corrected chi connectivity index (χ4v) is 2.98. The van der Waals surface area contributed by atoms with E-state index in [2.05, 4.69) is 15.6 Å². The van der Waals surface area contributed by atoms with Crippen LogP contribution >= 0.6 is 11.6 Å². The number of hydrogen-bond donors (Lipinski definition) is 2. The number of carbonyl (C=O) groups excluding carboxylic acids is 2. The summed E-state index contributed by atoms with van der Waals surface area (Å²) in [6, 6.07) is 8.63. The van der Waals surface area contributed by atoms with Gasteiger partial charge in [0.1, 0.15) is 5.69 Å². The molecular weight excluding hydrogens is 330 g/mol. The number of ether oxygens (including phenoxy) is 1. The van der Waals surface area contributed by atoms with Gasteiger partial charge in [0.2, 0.25) is 5.88 Å². The van der Waals surface area contributed by atoms with Crippen LogP contribution in [0.15, 0.2) is 36.5 Å². The molecule has 0 radical (unpaired) electrons. The standard InChI is InChI=1S/C17H16ClN3O3/c1-24-17-14(3-2-8-19-17)21-16(23)15(22)20-13-7-4-10-9-11(18)5-6-12(10)13/h2-3,5-6,8-9,13H,4,7H2,1H3,(H,20,22)(H,21,23)/t13-/m1/s1. The van der Waals surface area contributed by atoms with E-state index in [1.165, 1.54) is 13.3 Å². The molecular formula is C17H16ClN3O3. The number of hydrogen-bond acceptors (Lipinski definition) is 4. The Hall–Kier alpha value is -2.60. The van der Waals surface area contributed by atoms with Gasteiger partial charge >= 0.3 is 11.8 Å². The Morgan fingerprint density at radius 3 is 2.92 bits per heavy atom. The zero-order valence-electron chi connectivity index (χ0n) is 13.0. The second kappa shape index (κ2) is 6.88. The van der Waals surface area contributed by atoms with Crippen LogP contribution in [-0.4, -0.2) is 23.9 Å². The van der Waals surface area contributed by atoms with Crippen LogP contribution in [0.25, 0.3) is 0 Å². The minimum Gasteiger partial charge on any atom is -0.480 e. The lowest BCUT2D eigenvalue weighted by Crippen LogP contribution is -2.37. The van der Waals surface area contributed by atoms with Gasteiger partial charge in [-0.15, -0.1) is 0 Å². The molecule has 24 heavy (non-hydrogen) atoms. The number of carbonyl (C=O) groups is 2. The smallest absolute Gasteiger partial charge is 0.313 e. The van der Waals surface area contributed by atoms with E-state index in [0.717, 1.165) is 24.0 Å². The SMILES string of the molecule is COc1ncccc1NC(=O)C(=O)N[C@@H]1CCc2cc(Cl)ccc21. The van der Waals surface area contributed by atoms with Gasteiger partial charge in [-0.1, -0.05) is 17.7 Å². The number of aromatic nitrogens is 1. The topological polar surface area (TPSA) is 80.3 Å². The van der Waals surface area contributed by atoms with Crippen LogP contribution in [0.3, 0.4) is 0 Å². The van der Waals surface area contributed by atoms with Crippen molar-refractivity contribution in [2.24, 2.45) is 0 Å². The van der Waals surface area contributed by atoms with Gasteiger partial charge in [-0.25, -0.2) is 4.98 Å². The average Bonchev–Trinajstić information content (AvgIpc) is 2.97. The van der Waals surface area contributed by atoms with Crippen LogP contribution in [0.4, 0.5) is 5.69 Å². The number of benzene rings is 1. The fraction of sp³-hybridized carbons (Fsp3) is 0.235. The van der Waals surface area contributed by atoms with Crippen LogP contribution in [0, 0.1) is 0 Å². The highest BCUT2D eigenvalue weighted by molar-refractivity contribution is 6.39. The van der Waals surface area contributed by atoms with Crippen LogP contribution in [-0.2, 0) is 16.0 Å². The lowest BCUT2D eigenvalue weighted by atomic mass is 10.1. The van der Waals surface area contributed by atoms with Crippen molar-refractivity contribution in [3.05, 3.63) is 52.7 Å². The Bertz CT molecular complexity index is 794. The lowest BCUT2D eigenvalue weighted by molar-refractivity contribution is -0.136. The summed E-state index contributed by atoms with van der Waals surface area (Å²) in [7, 11) is 1.44. The van der Waals surface area contributed by atoms with Crippen molar-refractivity contribution in [3.63, 3.8) is 0 Å². The van der Waals surface area contributed by atoms with Crippen molar-refractivity contribution >= 4 is 29.1 Å². The maximum atomic E-state index is 12.2. The second-order valence-corrected chi connectivity index (χ2v) is 5.86. The number of amides is 2. The molecule has 124 valence electrons. The summed E-state index contributed by atoms with van der Waals surface area (Å²) in [6.07, 6.45) is 3.10. The van der Waals surface area contributed by atoms with Gasteiger partial charge in [-0.2, -0.15) is 0 Å². The molecule has 0 unspecified atom stereocenters. The first kappa shape index (κ1) is 16.3. The molecule has 6 nitrogen and oxygen atoms in total. The molecule has 1 atom stereocenters. The third kappa shape index (κ3) is 3.33. The predicted molar refractivity (Wildman–Crippen MR) is 90.1 cm³/mol. The highest BCUT2D eigenvalue weighted by Crippen LogP contribution is 2.32. The highest BCUT2D eigenvalue weighted by Gasteiger charge is 2.26. The Morgan fingerprint density at radius 2 is 2.12 bits per heavy atom. The Labute approximate surface area is 144 Å². The Balaban J connectivity index is 1.67. The zero-order chi connectivity index (χ0) is 17.1. The molecule has 0 fully saturated rings. The number of aryl methyl sites for hydroxylation is 1. The highest BCUT2D eigenvalue weighted by atomic mass is 35.5. The molecule has 1 aromatic heterocycles. The van der Waals surface area contributed by atoms with Crippen molar-refractivity contribution in [3.8, 4) is 5.88 Å². The lowest BCUT2D eigenvalue weighted by Gasteiger charge is -2.14. The Kier molecular flexibility index (Phi) is 4.66. The maximum Gasteiger partial charge on any atom is 0.313 e. The first-order chi connectivity index (χ1) is 11.6. The Morgan fingerprint density at radius 1 is 1.29 bits per heavy atom. The van der Waals surface area contributed by atoms with E-state index in [4.69, 9.17) is 16.3 Å². The summed E-state index contributed by atoms with van der Waals surface area (Å²) in [5.41, 5.74) is 2.44. The van der Waals surface area contributed by atoms with Gasteiger partial charge < -0.3 is 15.4 Å². The van der Waals surface area contributed by atoms with E-state index in [-0.39, 0.29) is 11.9 Å². The van der Waals surface area contributed by atoms with E-state index in [0.29, 0.717) is 10.7 Å². The van der Waals surface area contributed by atoms with Crippen molar-refractivity contribution in [2.75, 3.05) is 12.4 Å². The van der Waals surface area contributed by atoms with Crippen molar-refractivity contribution in [1.82, 2.24) is 10.3 Å². The first-order valence-electron chi connectivity index (χ1n) is 7.47. The molecule has 1 aliphatic rings. The van der Waals surface area contributed by atoms with Gasteiger partial charge in [0.05, 0.1) is 13.2 Å². The summed E-state index contributed by atoms with van der Waals surface area (Å²) in [5, 5.41) is 5.93. The number of nitrogens with one attached hydrogen (secondary N) is 2. The number of halogens is 1. The molecule has 0 saturated heterocycles. The molecule has 0 spiro atoms. The zero-order valence-corrected chi connectivity index (χ0v) is 13.8. The largest absolute Gasteiger partial charge is 0.480 e. The molecule has 1 aliphatic carbocycles. The minimum atomic E-state index is -0.760. The quantitative estimate of drug-likeness (QED) is 0.837. The number of anilines is 1. The monoisotopic (exact) mass is 345 g/mol. The van der Waals surface area contributed by atoms with Gasteiger partial charge in [0, 0.05) is 11.2 Å². The van der Waals surface area contributed by atoms with Crippen molar-refractivity contribution < 1.29 is 14.3 Å². The summed E-state index contributed by atoms with van der Waals surface area (Å²) < 4.78 is 5.05. The van der Waals surface area contributed by atoms with Crippen LogP contribution in [0.5, 0.6) is 5.88 Å². The first-order valence-corrected chi connectivity index (χ1v) is 7.85. The van der Waals surface area contributed by atoms with Crippen LogP contribution in [0.1, 0.15) is 23.6 Å². The third-order valence-corrected chi connectivity index (χ3v) is 4.14. The predicted octanol–water partition coefficient (Wildman–Crippen LogP) is 2.49. The van der Waals surface area contributed by atoms with E-state index in [1.807, 2.05) is 12.1 Å². The molecule has 0 aliphatic heterocycles. The molecule has 0 saturated carbocycles. The van der Waals surface area contributed by atoms with Gasteiger partial charge in [-0.05, 0) is 48.2 Å². The molecule has 2 N–H and O–H groups in total. The molecule has 2 aromatic rings. The van der Waals surface area contributed by atoms with Gasteiger partial charge in [0.25, 0.3) is 0 Å². The summed E-state index contributed by atoms with van der Waals surface area (Å²) >= 11 is 5.98. The van der Waals surface area contributed by atoms with Gasteiger partial charge in [0.15, 0.2) is 0 Å².